The molecular weight excluding hydrogens is 385 g/mol. The number of carbonyl (C=O) groups is 2. The van der Waals surface area contributed by atoms with Crippen LogP contribution in [0.25, 0.3) is 5.76 Å². The molecule has 2 aromatic carbocycles. The Labute approximate surface area is 167 Å². The molecule has 1 aliphatic heterocycles. The van der Waals surface area contributed by atoms with Gasteiger partial charge in [-0.15, -0.1) is 0 Å². The topological polar surface area (TPSA) is 66.8 Å². The van der Waals surface area contributed by atoms with Gasteiger partial charge in [-0.05, 0) is 48.4 Å². The van der Waals surface area contributed by atoms with E-state index in [-0.39, 0.29) is 17.9 Å². The highest BCUT2D eigenvalue weighted by atomic mass is 35.5. The number of halogens is 2. The highest BCUT2D eigenvalue weighted by Crippen LogP contribution is 2.39. The Morgan fingerprint density at radius 3 is 2.39 bits per heavy atom. The minimum absolute atomic E-state index is 0.0312. The van der Waals surface area contributed by atoms with Crippen LogP contribution in [0.1, 0.15) is 23.6 Å². The third kappa shape index (κ3) is 3.93. The van der Waals surface area contributed by atoms with Crippen LogP contribution >= 0.6 is 11.6 Å². The third-order valence-corrected chi connectivity index (χ3v) is 4.84. The number of rotatable bonds is 6. The number of methoxy groups -OCH3 is 1. The molecule has 3 rings (SSSR count). The molecule has 1 saturated heterocycles. The standard InChI is InChI=1S/C21H19ClFNO4/c1-28-12-2-11-24-18(13-5-9-16(23)10-6-13)17(20(26)21(24)27)19(25)14-3-7-15(22)8-4-14/h3-10,18,25H,2,11-12H2,1H3/b19-17+/t18-/m0/s1. The highest BCUT2D eigenvalue weighted by molar-refractivity contribution is 6.46. The Morgan fingerprint density at radius 1 is 1.14 bits per heavy atom. The minimum atomic E-state index is -0.812. The average molecular weight is 404 g/mol. The van der Waals surface area contributed by atoms with Crippen LogP contribution in [0.2, 0.25) is 5.02 Å². The van der Waals surface area contributed by atoms with E-state index in [9.17, 15) is 19.1 Å². The van der Waals surface area contributed by atoms with Crippen molar-refractivity contribution < 1.29 is 23.8 Å². The summed E-state index contributed by atoms with van der Waals surface area (Å²) in [7, 11) is 1.55. The van der Waals surface area contributed by atoms with Crippen molar-refractivity contribution in [2.24, 2.45) is 0 Å². The average Bonchev–Trinajstić information content (AvgIpc) is 2.94. The molecule has 7 heteroatoms. The van der Waals surface area contributed by atoms with E-state index in [0.29, 0.717) is 29.2 Å². The van der Waals surface area contributed by atoms with Crippen molar-refractivity contribution >= 4 is 29.1 Å². The summed E-state index contributed by atoms with van der Waals surface area (Å²) in [5, 5.41) is 11.3. The summed E-state index contributed by atoms with van der Waals surface area (Å²) in [6, 6.07) is 11.0. The molecule has 0 spiro atoms. The van der Waals surface area contributed by atoms with Gasteiger partial charge in [0.15, 0.2) is 0 Å². The van der Waals surface area contributed by atoms with Crippen LogP contribution in [-0.4, -0.2) is 42.0 Å². The number of benzene rings is 2. The number of aliphatic hydroxyl groups is 1. The molecule has 2 aromatic rings. The maximum atomic E-state index is 13.4. The SMILES string of the molecule is COCCCN1C(=O)C(=O)/C(=C(/O)c2ccc(Cl)cc2)[C@@H]1c1ccc(F)cc1. The van der Waals surface area contributed by atoms with Gasteiger partial charge in [0.25, 0.3) is 11.7 Å². The van der Waals surface area contributed by atoms with Crippen molar-refractivity contribution in [2.45, 2.75) is 12.5 Å². The molecule has 28 heavy (non-hydrogen) atoms. The van der Waals surface area contributed by atoms with Gasteiger partial charge in [0, 0.05) is 30.8 Å². The number of aliphatic hydroxyl groups excluding tert-OH is 1. The summed E-state index contributed by atoms with van der Waals surface area (Å²) in [6.45, 7) is 0.675. The zero-order valence-corrected chi connectivity index (χ0v) is 15.9. The smallest absolute Gasteiger partial charge is 0.295 e. The second-order valence-corrected chi connectivity index (χ2v) is 6.83. The first-order valence-corrected chi connectivity index (χ1v) is 9.10. The molecule has 1 N–H and O–H groups in total. The van der Waals surface area contributed by atoms with E-state index in [4.69, 9.17) is 16.3 Å². The Balaban J connectivity index is 2.10. The van der Waals surface area contributed by atoms with E-state index >= 15 is 0 Å². The first-order chi connectivity index (χ1) is 13.4. The summed E-state index contributed by atoms with van der Waals surface area (Å²) >= 11 is 5.89. The van der Waals surface area contributed by atoms with E-state index in [2.05, 4.69) is 0 Å². The van der Waals surface area contributed by atoms with Crippen molar-refractivity contribution in [1.82, 2.24) is 4.90 Å². The fourth-order valence-corrected chi connectivity index (χ4v) is 3.37. The van der Waals surface area contributed by atoms with Gasteiger partial charge in [0.2, 0.25) is 0 Å². The fraction of sp³-hybridized carbons (Fsp3) is 0.238. The normalized spacial score (nSPS) is 18.7. The van der Waals surface area contributed by atoms with Crippen LogP contribution in [0, 0.1) is 5.82 Å². The maximum Gasteiger partial charge on any atom is 0.295 e. The Kier molecular flexibility index (Phi) is 6.11. The first-order valence-electron chi connectivity index (χ1n) is 8.72. The largest absolute Gasteiger partial charge is 0.507 e. The van der Waals surface area contributed by atoms with Gasteiger partial charge >= 0.3 is 0 Å². The Bertz CT molecular complexity index is 909. The molecule has 0 bridgehead atoms. The zero-order chi connectivity index (χ0) is 20.3. The van der Waals surface area contributed by atoms with Crippen LogP contribution in [0.3, 0.4) is 0 Å². The van der Waals surface area contributed by atoms with Gasteiger partial charge < -0.3 is 14.7 Å². The number of Topliss-reactive ketones (excluding diaryl/α,β-unsaturated/α-hetero) is 1. The minimum Gasteiger partial charge on any atom is -0.507 e. The van der Waals surface area contributed by atoms with E-state index in [1.165, 1.54) is 29.2 Å². The fourth-order valence-electron chi connectivity index (χ4n) is 3.24. The molecule has 146 valence electrons. The predicted molar refractivity (Wildman–Crippen MR) is 103 cm³/mol. The molecular formula is C21H19ClFNO4. The monoisotopic (exact) mass is 403 g/mol. The number of hydrogen-bond acceptors (Lipinski definition) is 4. The van der Waals surface area contributed by atoms with Crippen LogP contribution in [-0.2, 0) is 14.3 Å². The summed E-state index contributed by atoms with van der Waals surface area (Å²) in [6.07, 6.45) is 0.516. The summed E-state index contributed by atoms with van der Waals surface area (Å²) in [5.41, 5.74) is 0.872. The lowest BCUT2D eigenvalue weighted by molar-refractivity contribution is -0.140. The zero-order valence-electron chi connectivity index (χ0n) is 15.2. The van der Waals surface area contributed by atoms with Crippen LogP contribution < -0.4 is 0 Å². The van der Waals surface area contributed by atoms with E-state index in [1.54, 1.807) is 31.4 Å². The van der Waals surface area contributed by atoms with E-state index in [0.717, 1.165) is 0 Å². The summed E-state index contributed by atoms with van der Waals surface area (Å²) < 4.78 is 18.4. The number of hydrogen-bond donors (Lipinski definition) is 1. The number of ether oxygens (including phenoxy) is 1. The van der Waals surface area contributed by atoms with Gasteiger partial charge in [0.05, 0.1) is 11.6 Å². The molecule has 5 nitrogen and oxygen atoms in total. The predicted octanol–water partition coefficient (Wildman–Crippen LogP) is 3.94. The van der Waals surface area contributed by atoms with Crippen LogP contribution in [0.4, 0.5) is 4.39 Å². The molecule has 1 fully saturated rings. The third-order valence-electron chi connectivity index (χ3n) is 4.59. The van der Waals surface area contributed by atoms with Gasteiger partial charge in [-0.1, -0.05) is 23.7 Å². The summed E-state index contributed by atoms with van der Waals surface area (Å²) in [4.78, 5) is 26.8. The van der Waals surface area contributed by atoms with Crippen molar-refractivity contribution in [2.75, 3.05) is 20.3 Å². The number of likely N-dealkylation sites (tertiary alicyclic amines) is 1. The number of ketones is 1. The second kappa shape index (κ2) is 8.54. The van der Waals surface area contributed by atoms with Gasteiger partial charge in [-0.25, -0.2) is 4.39 Å². The van der Waals surface area contributed by atoms with Gasteiger partial charge in [-0.2, -0.15) is 0 Å². The lowest BCUT2D eigenvalue weighted by Gasteiger charge is -2.25. The Morgan fingerprint density at radius 2 is 1.79 bits per heavy atom. The molecule has 0 unspecified atom stereocenters. The summed E-state index contributed by atoms with van der Waals surface area (Å²) in [5.74, 6) is -2.21. The van der Waals surface area contributed by atoms with Crippen molar-refractivity contribution in [3.63, 3.8) is 0 Å². The first kappa shape index (κ1) is 20.0. The lowest BCUT2D eigenvalue weighted by Crippen LogP contribution is -2.31. The number of carbonyl (C=O) groups excluding carboxylic acids is 2. The number of nitrogens with zero attached hydrogens (tertiary/aromatic N) is 1. The highest BCUT2D eigenvalue weighted by Gasteiger charge is 2.45. The number of amides is 1. The molecule has 1 heterocycles. The quantitative estimate of drug-likeness (QED) is 0.343. The van der Waals surface area contributed by atoms with Crippen LogP contribution in [0.15, 0.2) is 54.1 Å². The molecule has 0 saturated carbocycles. The van der Waals surface area contributed by atoms with Gasteiger partial charge in [-0.3, -0.25) is 9.59 Å². The molecule has 1 aliphatic rings. The van der Waals surface area contributed by atoms with Crippen molar-refractivity contribution in [3.8, 4) is 0 Å². The lowest BCUT2D eigenvalue weighted by atomic mass is 9.95. The van der Waals surface area contributed by atoms with Gasteiger partial charge in [0.1, 0.15) is 11.6 Å². The van der Waals surface area contributed by atoms with Crippen molar-refractivity contribution in [1.29, 1.82) is 0 Å². The van der Waals surface area contributed by atoms with Crippen LogP contribution in [0.5, 0.6) is 0 Å². The molecule has 1 atom stereocenters. The van der Waals surface area contributed by atoms with E-state index < -0.39 is 23.5 Å². The van der Waals surface area contributed by atoms with Crippen molar-refractivity contribution in [3.05, 3.63) is 76.1 Å². The second-order valence-electron chi connectivity index (χ2n) is 6.40. The molecule has 0 aliphatic carbocycles. The maximum absolute atomic E-state index is 13.4. The molecule has 1 amide bonds. The molecule has 0 radical (unpaired) electrons. The Hall–Kier alpha value is -2.70. The van der Waals surface area contributed by atoms with E-state index in [1.807, 2.05) is 0 Å². The molecule has 0 aromatic heterocycles.